The van der Waals surface area contributed by atoms with E-state index in [1.165, 1.54) is 6.07 Å². The highest BCUT2D eigenvalue weighted by Gasteiger charge is 2.54. The molecule has 1 spiro atoms. The van der Waals surface area contributed by atoms with Crippen LogP contribution in [0.1, 0.15) is 12.0 Å². The van der Waals surface area contributed by atoms with Gasteiger partial charge in [-0.2, -0.15) is 0 Å². The van der Waals surface area contributed by atoms with Gasteiger partial charge < -0.3 is 34.3 Å². The van der Waals surface area contributed by atoms with Crippen molar-refractivity contribution in [2.75, 3.05) is 59.9 Å². The number of methoxy groups -OCH3 is 1. The first-order valence-corrected chi connectivity index (χ1v) is 10.6. The van der Waals surface area contributed by atoms with Gasteiger partial charge in [-0.15, -0.1) is 0 Å². The summed E-state index contributed by atoms with van der Waals surface area (Å²) in [5, 5.41) is 7.35. The van der Waals surface area contributed by atoms with Gasteiger partial charge in [-0.1, -0.05) is 0 Å². The smallest absolute Gasteiger partial charge is 0.322 e. The summed E-state index contributed by atoms with van der Waals surface area (Å²) in [6, 6.07) is 2.89. The van der Waals surface area contributed by atoms with Gasteiger partial charge in [0.25, 0.3) is 11.8 Å². The molecule has 2 aliphatic heterocycles. The highest BCUT2D eigenvalue weighted by Crippen LogP contribution is 2.41. The average molecular weight is 469 g/mol. The summed E-state index contributed by atoms with van der Waals surface area (Å²) in [4.78, 5) is 36.9. The van der Waals surface area contributed by atoms with E-state index in [0.717, 1.165) is 12.1 Å². The minimum absolute atomic E-state index is 0.153. The average Bonchev–Trinajstić information content (AvgIpc) is 3.07. The van der Waals surface area contributed by atoms with Gasteiger partial charge >= 0.3 is 6.03 Å². The molecule has 0 bridgehead atoms. The maximum Gasteiger partial charge on any atom is 0.322 e. The number of amides is 4. The Kier molecular flexibility index (Phi) is 8.95. The Labute approximate surface area is 190 Å². The van der Waals surface area contributed by atoms with Crippen molar-refractivity contribution in [3.05, 3.63) is 29.6 Å². The molecule has 0 aliphatic carbocycles. The van der Waals surface area contributed by atoms with E-state index < -0.39 is 35.3 Å². The van der Waals surface area contributed by atoms with E-state index in [1.807, 2.05) is 0 Å². The predicted octanol–water partition coefficient (Wildman–Crippen LogP) is -0.176. The van der Waals surface area contributed by atoms with E-state index in [2.05, 4.69) is 16.0 Å². The monoisotopic (exact) mass is 469 g/mol. The van der Waals surface area contributed by atoms with Crippen LogP contribution in [0, 0.1) is 5.82 Å². The van der Waals surface area contributed by atoms with Crippen LogP contribution in [0.4, 0.5) is 9.18 Å². The van der Waals surface area contributed by atoms with Crippen molar-refractivity contribution >= 4 is 17.8 Å². The molecule has 182 valence electrons. The molecule has 12 heteroatoms. The van der Waals surface area contributed by atoms with Gasteiger partial charge in [-0.25, -0.2) is 9.18 Å². The van der Waals surface area contributed by atoms with Crippen LogP contribution in [0.5, 0.6) is 5.75 Å². The largest absolute Gasteiger partial charge is 0.480 e. The molecule has 33 heavy (non-hydrogen) atoms. The van der Waals surface area contributed by atoms with Crippen molar-refractivity contribution in [3.8, 4) is 5.75 Å². The molecule has 0 unspecified atom stereocenters. The number of imide groups is 1. The fourth-order valence-corrected chi connectivity index (χ4v) is 3.54. The van der Waals surface area contributed by atoms with E-state index in [-0.39, 0.29) is 30.9 Å². The summed E-state index contributed by atoms with van der Waals surface area (Å²) in [6.07, 6.45) is -1.23. The fourth-order valence-electron chi connectivity index (χ4n) is 3.54. The van der Waals surface area contributed by atoms with E-state index in [4.69, 9.17) is 23.7 Å². The number of ether oxygens (including phenoxy) is 5. The number of nitrogens with one attached hydrogen (secondary N) is 3. The highest BCUT2D eigenvalue weighted by atomic mass is 19.1. The number of halogens is 1. The molecule has 1 aromatic rings. The van der Waals surface area contributed by atoms with Crippen LogP contribution in [-0.4, -0.2) is 83.9 Å². The lowest BCUT2D eigenvalue weighted by Gasteiger charge is -2.36. The third-order valence-electron chi connectivity index (χ3n) is 5.12. The minimum atomic E-state index is -1.57. The van der Waals surface area contributed by atoms with Crippen molar-refractivity contribution < 1.29 is 42.5 Å². The molecular weight excluding hydrogens is 441 g/mol. The zero-order chi connectivity index (χ0) is 23.7. The molecule has 0 radical (unpaired) electrons. The molecule has 0 aromatic heterocycles. The van der Waals surface area contributed by atoms with Crippen LogP contribution in [-0.2, 0) is 34.1 Å². The van der Waals surface area contributed by atoms with Crippen molar-refractivity contribution in [1.29, 1.82) is 0 Å². The summed E-state index contributed by atoms with van der Waals surface area (Å²) in [5.41, 5.74) is -1.40. The number of carbonyl (C=O) groups excluding carboxylic acids is 3. The Bertz CT molecular complexity index is 855. The number of benzene rings is 1. The van der Waals surface area contributed by atoms with E-state index in [1.54, 1.807) is 7.11 Å². The first-order valence-electron chi connectivity index (χ1n) is 10.6. The van der Waals surface area contributed by atoms with Crippen molar-refractivity contribution in [2.24, 2.45) is 0 Å². The Morgan fingerprint density at radius 3 is 2.42 bits per heavy atom. The predicted molar refractivity (Wildman–Crippen MR) is 111 cm³/mol. The van der Waals surface area contributed by atoms with Gasteiger partial charge in [0.05, 0.1) is 46.2 Å². The second-order valence-corrected chi connectivity index (χ2v) is 7.39. The number of hydrogen-bond acceptors (Lipinski definition) is 8. The fraction of sp³-hybridized carbons (Fsp3) is 0.571. The van der Waals surface area contributed by atoms with Crippen LogP contribution in [0.3, 0.4) is 0 Å². The lowest BCUT2D eigenvalue weighted by Crippen LogP contribution is -2.54. The number of urea groups is 1. The molecule has 3 rings (SSSR count). The Morgan fingerprint density at radius 1 is 1.12 bits per heavy atom. The molecule has 2 aliphatic rings. The van der Waals surface area contributed by atoms with Crippen LogP contribution >= 0.6 is 0 Å². The van der Waals surface area contributed by atoms with E-state index >= 15 is 0 Å². The Morgan fingerprint density at radius 2 is 1.79 bits per heavy atom. The number of rotatable bonds is 13. The first-order chi connectivity index (χ1) is 16.0. The highest BCUT2D eigenvalue weighted by molar-refractivity contribution is 6.08. The zero-order valence-electron chi connectivity index (χ0n) is 18.3. The van der Waals surface area contributed by atoms with Crippen molar-refractivity contribution in [3.63, 3.8) is 0 Å². The van der Waals surface area contributed by atoms with Gasteiger partial charge in [-0.3, -0.25) is 14.9 Å². The summed E-state index contributed by atoms with van der Waals surface area (Å²) in [7, 11) is 1.60. The quantitative estimate of drug-likeness (QED) is 0.268. The standard InChI is InChI=1S/C21H28FN3O8/c1-29-6-7-31-10-11-32-9-8-30-5-4-23-18(26)17-13-21(19(27)24-20(28)25-21)15-12-14(22)2-3-16(15)33-17/h2-3,12,17H,4-11,13H2,1H3,(H,23,26)(H2,24,25,27,28)/t17-,21-/m1/s1. The Balaban J connectivity index is 1.41. The maximum absolute atomic E-state index is 13.8. The SMILES string of the molecule is COCCOCCOCCOCCNC(=O)[C@H]1C[C@@]2(NC(=O)NC2=O)c2cc(F)ccc2O1. The second-order valence-electron chi connectivity index (χ2n) is 7.39. The second kappa shape index (κ2) is 11.9. The van der Waals surface area contributed by atoms with Crippen LogP contribution in [0.15, 0.2) is 18.2 Å². The molecule has 1 saturated heterocycles. The summed E-state index contributed by atoms with van der Waals surface area (Å²) < 4.78 is 40.4. The topological polar surface area (TPSA) is 133 Å². The van der Waals surface area contributed by atoms with E-state index in [0.29, 0.717) is 39.6 Å². The van der Waals surface area contributed by atoms with Crippen molar-refractivity contribution in [1.82, 2.24) is 16.0 Å². The number of fused-ring (bicyclic) bond motifs is 2. The van der Waals surface area contributed by atoms with E-state index in [9.17, 15) is 18.8 Å². The number of carbonyl (C=O) groups is 3. The van der Waals surface area contributed by atoms with Crippen LogP contribution in [0.2, 0.25) is 0 Å². The number of hydrogen-bond donors (Lipinski definition) is 3. The molecule has 11 nitrogen and oxygen atoms in total. The molecule has 0 saturated carbocycles. The summed E-state index contributed by atoms with van der Waals surface area (Å²) in [6.45, 7) is 3.16. The van der Waals surface area contributed by atoms with Crippen LogP contribution in [0.25, 0.3) is 0 Å². The van der Waals surface area contributed by atoms with Gasteiger partial charge in [0.1, 0.15) is 11.6 Å². The molecule has 4 amide bonds. The van der Waals surface area contributed by atoms with Crippen LogP contribution < -0.4 is 20.7 Å². The van der Waals surface area contributed by atoms with Gasteiger partial charge in [0.15, 0.2) is 11.6 Å². The zero-order valence-corrected chi connectivity index (χ0v) is 18.3. The molecule has 1 aromatic carbocycles. The van der Waals surface area contributed by atoms with Gasteiger partial charge in [0.2, 0.25) is 0 Å². The van der Waals surface area contributed by atoms with Crippen molar-refractivity contribution in [2.45, 2.75) is 18.1 Å². The lowest BCUT2D eigenvalue weighted by molar-refractivity contribution is -0.133. The minimum Gasteiger partial charge on any atom is -0.480 e. The normalized spacial score (nSPS) is 21.3. The molecule has 2 heterocycles. The molecule has 1 fully saturated rings. The third-order valence-corrected chi connectivity index (χ3v) is 5.12. The molecular formula is C21H28FN3O8. The van der Waals surface area contributed by atoms with Gasteiger partial charge in [-0.05, 0) is 18.2 Å². The summed E-state index contributed by atoms with van der Waals surface area (Å²) >= 11 is 0. The first kappa shape index (κ1) is 24.8. The molecule has 3 N–H and O–H groups in total. The third kappa shape index (κ3) is 6.38. The molecule has 2 atom stereocenters. The van der Waals surface area contributed by atoms with Gasteiger partial charge in [0, 0.05) is 25.6 Å². The lowest BCUT2D eigenvalue weighted by atomic mass is 9.81. The summed E-state index contributed by atoms with van der Waals surface area (Å²) in [5.74, 6) is -1.58. The Hall–Kier alpha value is -2.80. The maximum atomic E-state index is 13.8.